The molecule has 2 aromatic rings. The number of rotatable bonds is 2. The molecule has 0 bridgehead atoms. The molecule has 1 aromatic carbocycles. The number of carbonyl (C=O) groups excluding carboxylic acids is 2. The van der Waals surface area contributed by atoms with E-state index >= 15 is 0 Å². The summed E-state index contributed by atoms with van der Waals surface area (Å²) in [5.41, 5.74) is 6.61. The summed E-state index contributed by atoms with van der Waals surface area (Å²) in [4.78, 5) is 31.4. The van der Waals surface area contributed by atoms with Gasteiger partial charge in [-0.1, -0.05) is 12.1 Å². The molecule has 1 aliphatic heterocycles. The predicted octanol–water partition coefficient (Wildman–Crippen LogP) is 1.54. The fourth-order valence-corrected chi connectivity index (χ4v) is 2.79. The topological polar surface area (TPSA) is 97.4 Å². The van der Waals surface area contributed by atoms with E-state index in [0.29, 0.717) is 37.6 Å². The van der Waals surface area contributed by atoms with Crippen molar-refractivity contribution in [2.75, 3.05) is 26.2 Å². The van der Waals surface area contributed by atoms with Crippen LogP contribution in [0.3, 0.4) is 0 Å². The van der Waals surface area contributed by atoms with Crippen LogP contribution in [0.25, 0.3) is 11.4 Å². The number of aromatic nitrogens is 3. The Hall–Kier alpha value is -2.90. The van der Waals surface area contributed by atoms with Gasteiger partial charge in [0.1, 0.15) is 6.33 Å². The van der Waals surface area contributed by atoms with Gasteiger partial charge in [0, 0.05) is 37.3 Å². The van der Waals surface area contributed by atoms with Crippen molar-refractivity contribution in [3.8, 4) is 11.4 Å². The fourth-order valence-electron chi connectivity index (χ4n) is 2.79. The average Bonchev–Trinajstić information content (AvgIpc) is 3.12. The first-order valence-electron chi connectivity index (χ1n) is 8.62. The molecule has 0 saturated carbocycles. The maximum Gasteiger partial charge on any atom is 0.314 e. The molecule has 0 unspecified atom stereocenters. The van der Waals surface area contributed by atoms with Gasteiger partial charge in [0.05, 0.1) is 5.54 Å². The monoisotopic (exact) mass is 356 g/mol. The van der Waals surface area contributed by atoms with Crippen LogP contribution < -0.4 is 5.73 Å². The second-order valence-corrected chi connectivity index (χ2v) is 7.38. The first kappa shape index (κ1) is 17.9. The van der Waals surface area contributed by atoms with E-state index in [9.17, 15) is 9.59 Å². The number of primary amides is 1. The highest BCUT2D eigenvalue weighted by atomic mass is 16.2. The van der Waals surface area contributed by atoms with Gasteiger partial charge in [0.15, 0.2) is 5.82 Å². The minimum absolute atomic E-state index is 0.0474. The molecule has 2 heterocycles. The van der Waals surface area contributed by atoms with Gasteiger partial charge in [-0.05, 0) is 32.9 Å². The number of nitrogens with two attached hydrogens (primary N) is 1. The van der Waals surface area contributed by atoms with Gasteiger partial charge in [0.2, 0.25) is 0 Å². The van der Waals surface area contributed by atoms with Crippen LogP contribution in [0.5, 0.6) is 0 Å². The van der Waals surface area contributed by atoms with Crippen molar-refractivity contribution in [1.29, 1.82) is 0 Å². The number of amides is 3. The maximum atomic E-state index is 12.6. The Kier molecular flexibility index (Phi) is 4.67. The van der Waals surface area contributed by atoms with Crippen LogP contribution in [0.1, 0.15) is 31.1 Å². The lowest BCUT2D eigenvalue weighted by atomic mass is 10.1. The van der Waals surface area contributed by atoms with Crippen LogP contribution in [0, 0.1) is 0 Å². The van der Waals surface area contributed by atoms with Crippen LogP contribution in [0.2, 0.25) is 0 Å². The smallest absolute Gasteiger partial charge is 0.314 e. The lowest BCUT2D eigenvalue weighted by Gasteiger charge is -2.33. The summed E-state index contributed by atoms with van der Waals surface area (Å²) in [6.07, 6.45) is 1.71. The molecule has 26 heavy (non-hydrogen) atoms. The third kappa shape index (κ3) is 3.68. The molecule has 1 aliphatic rings. The molecule has 0 spiro atoms. The van der Waals surface area contributed by atoms with Gasteiger partial charge >= 0.3 is 6.03 Å². The minimum atomic E-state index is -0.441. The normalized spacial score (nSPS) is 15.2. The largest absolute Gasteiger partial charge is 0.351 e. The van der Waals surface area contributed by atoms with E-state index in [1.54, 1.807) is 28.3 Å². The number of piperazine rings is 1. The van der Waals surface area contributed by atoms with E-state index in [4.69, 9.17) is 5.73 Å². The SMILES string of the molecule is CC(C)(C)n1cnc(-c2ccc(C(=O)N3CCN(C(N)=O)CC3)cc2)n1. The molecule has 1 aromatic heterocycles. The van der Waals surface area contributed by atoms with Crippen molar-refractivity contribution < 1.29 is 9.59 Å². The first-order valence-corrected chi connectivity index (χ1v) is 8.62. The summed E-state index contributed by atoms with van der Waals surface area (Å²) in [6.45, 7) is 8.09. The number of nitrogens with zero attached hydrogens (tertiary/aromatic N) is 5. The summed E-state index contributed by atoms with van der Waals surface area (Å²) in [5.74, 6) is 0.586. The molecule has 2 N–H and O–H groups in total. The quantitative estimate of drug-likeness (QED) is 0.882. The Labute approximate surface area is 152 Å². The van der Waals surface area contributed by atoms with Gasteiger partial charge in [-0.15, -0.1) is 0 Å². The Morgan fingerprint density at radius 1 is 1.00 bits per heavy atom. The molecule has 0 radical (unpaired) electrons. The lowest BCUT2D eigenvalue weighted by Crippen LogP contribution is -2.52. The van der Waals surface area contributed by atoms with E-state index in [-0.39, 0.29) is 11.4 Å². The van der Waals surface area contributed by atoms with E-state index in [1.165, 1.54) is 0 Å². The highest BCUT2D eigenvalue weighted by molar-refractivity contribution is 5.94. The second-order valence-electron chi connectivity index (χ2n) is 7.38. The van der Waals surface area contributed by atoms with Crippen LogP contribution in [0.4, 0.5) is 4.79 Å². The minimum Gasteiger partial charge on any atom is -0.351 e. The van der Waals surface area contributed by atoms with Crippen LogP contribution in [-0.4, -0.2) is 62.7 Å². The Morgan fingerprint density at radius 2 is 1.58 bits per heavy atom. The maximum absolute atomic E-state index is 12.6. The molecule has 1 fully saturated rings. The molecular weight excluding hydrogens is 332 g/mol. The average molecular weight is 356 g/mol. The fraction of sp³-hybridized carbons (Fsp3) is 0.444. The van der Waals surface area contributed by atoms with Crippen molar-refractivity contribution >= 4 is 11.9 Å². The molecule has 1 saturated heterocycles. The summed E-state index contributed by atoms with van der Waals surface area (Å²) in [7, 11) is 0. The third-order valence-electron chi connectivity index (χ3n) is 4.45. The van der Waals surface area contributed by atoms with E-state index in [1.807, 2.05) is 16.8 Å². The van der Waals surface area contributed by atoms with E-state index in [2.05, 4.69) is 30.9 Å². The van der Waals surface area contributed by atoms with Gasteiger partial charge in [-0.25, -0.2) is 14.5 Å². The molecule has 3 amide bonds. The van der Waals surface area contributed by atoms with Crippen molar-refractivity contribution in [2.24, 2.45) is 5.73 Å². The molecule has 8 heteroatoms. The van der Waals surface area contributed by atoms with Crippen molar-refractivity contribution in [3.63, 3.8) is 0 Å². The molecule has 8 nitrogen and oxygen atoms in total. The predicted molar refractivity (Wildman–Crippen MR) is 97.5 cm³/mol. The number of carbonyl (C=O) groups is 2. The zero-order valence-corrected chi connectivity index (χ0v) is 15.3. The van der Waals surface area contributed by atoms with Crippen molar-refractivity contribution in [2.45, 2.75) is 26.3 Å². The third-order valence-corrected chi connectivity index (χ3v) is 4.45. The van der Waals surface area contributed by atoms with Gasteiger partial charge < -0.3 is 15.5 Å². The van der Waals surface area contributed by atoms with Crippen molar-refractivity contribution in [1.82, 2.24) is 24.6 Å². The lowest BCUT2D eigenvalue weighted by molar-refractivity contribution is 0.0669. The van der Waals surface area contributed by atoms with E-state index in [0.717, 1.165) is 5.56 Å². The molecular formula is C18H24N6O2. The number of hydrogen-bond acceptors (Lipinski definition) is 4. The van der Waals surface area contributed by atoms with Gasteiger partial charge in [-0.3, -0.25) is 4.79 Å². The number of benzene rings is 1. The van der Waals surface area contributed by atoms with Gasteiger partial charge in [-0.2, -0.15) is 5.10 Å². The standard InChI is InChI=1S/C18H24N6O2/c1-18(2,3)24-12-20-15(21-24)13-4-6-14(7-5-13)16(25)22-8-10-23(11-9-22)17(19)26/h4-7,12H,8-11H2,1-3H3,(H2,19,26). The molecule has 0 atom stereocenters. The second kappa shape index (κ2) is 6.78. The number of urea groups is 1. The summed E-state index contributed by atoms with van der Waals surface area (Å²) >= 11 is 0. The Balaban J connectivity index is 1.69. The first-order chi connectivity index (χ1) is 12.3. The summed E-state index contributed by atoms with van der Waals surface area (Å²) in [5, 5.41) is 4.50. The molecule has 3 rings (SSSR count). The summed E-state index contributed by atoms with van der Waals surface area (Å²) in [6, 6.07) is 6.85. The highest BCUT2D eigenvalue weighted by Crippen LogP contribution is 2.19. The van der Waals surface area contributed by atoms with Crippen LogP contribution >= 0.6 is 0 Å². The number of hydrogen-bond donors (Lipinski definition) is 1. The molecule has 0 aliphatic carbocycles. The van der Waals surface area contributed by atoms with Crippen LogP contribution in [0.15, 0.2) is 30.6 Å². The van der Waals surface area contributed by atoms with Crippen molar-refractivity contribution in [3.05, 3.63) is 36.2 Å². The Bertz CT molecular complexity index is 798. The Morgan fingerprint density at radius 3 is 2.08 bits per heavy atom. The zero-order chi connectivity index (χ0) is 18.9. The van der Waals surface area contributed by atoms with Gasteiger partial charge in [0.25, 0.3) is 5.91 Å². The van der Waals surface area contributed by atoms with E-state index < -0.39 is 6.03 Å². The zero-order valence-electron chi connectivity index (χ0n) is 15.3. The summed E-state index contributed by atoms with van der Waals surface area (Å²) < 4.78 is 1.82. The van der Waals surface area contributed by atoms with Crippen LogP contribution in [-0.2, 0) is 5.54 Å². The highest BCUT2D eigenvalue weighted by Gasteiger charge is 2.23. The molecule has 138 valence electrons.